The van der Waals surface area contributed by atoms with Gasteiger partial charge in [0, 0.05) is 21.0 Å². The Bertz CT molecular complexity index is 579. The molecule has 0 spiro atoms. The molecule has 0 amide bonds. The van der Waals surface area contributed by atoms with E-state index in [1.54, 1.807) is 13.0 Å². The molecular formula is C16H15Cl3O. The van der Waals surface area contributed by atoms with Gasteiger partial charge >= 0.3 is 0 Å². The molecule has 0 aliphatic rings. The minimum atomic E-state index is -0.483. The first-order valence-electron chi connectivity index (χ1n) is 6.35. The van der Waals surface area contributed by atoms with E-state index in [0.717, 1.165) is 11.1 Å². The Balaban J connectivity index is 2.28. The van der Waals surface area contributed by atoms with Crippen LogP contribution in [0, 0.1) is 0 Å². The molecule has 0 saturated heterocycles. The maximum atomic E-state index is 10.0. The van der Waals surface area contributed by atoms with Gasteiger partial charge in [-0.2, -0.15) is 0 Å². The van der Waals surface area contributed by atoms with Crippen LogP contribution in [0.25, 0.3) is 0 Å². The largest absolute Gasteiger partial charge is 0.393 e. The van der Waals surface area contributed by atoms with Gasteiger partial charge < -0.3 is 5.11 Å². The molecule has 0 bridgehead atoms. The van der Waals surface area contributed by atoms with E-state index in [9.17, 15) is 5.11 Å². The van der Waals surface area contributed by atoms with Gasteiger partial charge in [-0.25, -0.2) is 0 Å². The number of benzene rings is 2. The number of hydrogen-bond acceptors (Lipinski definition) is 1. The second-order valence-electron chi connectivity index (χ2n) is 4.84. The Morgan fingerprint density at radius 2 is 1.55 bits per heavy atom. The standard InChI is InChI=1S/C16H15Cl3O/c1-10(20)15(11-2-5-13(17)6-3-11)8-12-4-7-14(18)9-16(12)19/h2-7,9-10,15,20H,8H2,1H3. The maximum absolute atomic E-state index is 10.0. The van der Waals surface area contributed by atoms with Crippen LogP contribution in [0.1, 0.15) is 24.0 Å². The first-order chi connectivity index (χ1) is 9.47. The smallest absolute Gasteiger partial charge is 0.0583 e. The van der Waals surface area contributed by atoms with Gasteiger partial charge in [0.1, 0.15) is 0 Å². The maximum Gasteiger partial charge on any atom is 0.0583 e. The minimum Gasteiger partial charge on any atom is -0.393 e. The third-order valence-electron chi connectivity index (χ3n) is 3.34. The molecule has 0 radical (unpaired) electrons. The second kappa shape index (κ2) is 6.82. The summed E-state index contributed by atoms with van der Waals surface area (Å²) in [6.45, 7) is 1.78. The number of aliphatic hydroxyl groups is 1. The van der Waals surface area contributed by atoms with Crippen LogP contribution >= 0.6 is 34.8 Å². The topological polar surface area (TPSA) is 20.2 Å². The average Bonchev–Trinajstić information content (AvgIpc) is 2.39. The van der Waals surface area contributed by atoms with E-state index in [1.807, 2.05) is 36.4 Å². The summed E-state index contributed by atoms with van der Waals surface area (Å²) in [5.41, 5.74) is 2.01. The first kappa shape index (κ1) is 15.7. The fourth-order valence-corrected chi connectivity index (χ4v) is 2.81. The molecule has 1 N–H and O–H groups in total. The van der Waals surface area contributed by atoms with Gasteiger partial charge in [-0.15, -0.1) is 0 Å². The molecule has 2 aromatic rings. The highest BCUT2D eigenvalue weighted by Gasteiger charge is 2.19. The fourth-order valence-electron chi connectivity index (χ4n) is 2.20. The molecule has 0 saturated carbocycles. The molecule has 0 aliphatic carbocycles. The van der Waals surface area contributed by atoms with Crippen molar-refractivity contribution < 1.29 is 5.11 Å². The number of hydrogen-bond donors (Lipinski definition) is 1. The van der Waals surface area contributed by atoms with Crippen LogP contribution in [0.2, 0.25) is 15.1 Å². The Morgan fingerprint density at radius 1 is 0.950 bits per heavy atom. The zero-order valence-electron chi connectivity index (χ0n) is 11.0. The van der Waals surface area contributed by atoms with Gasteiger partial charge in [0.15, 0.2) is 0 Å². The van der Waals surface area contributed by atoms with Crippen LogP contribution in [-0.4, -0.2) is 11.2 Å². The van der Waals surface area contributed by atoms with Crippen molar-refractivity contribution in [3.8, 4) is 0 Å². The number of rotatable bonds is 4. The molecule has 106 valence electrons. The fraction of sp³-hybridized carbons (Fsp3) is 0.250. The number of aliphatic hydroxyl groups excluding tert-OH is 1. The summed E-state index contributed by atoms with van der Waals surface area (Å²) in [6, 6.07) is 13.0. The van der Waals surface area contributed by atoms with Crippen molar-refractivity contribution in [1.29, 1.82) is 0 Å². The zero-order chi connectivity index (χ0) is 14.7. The summed E-state index contributed by atoms with van der Waals surface area (Å²) in [7, 11) is 0. The predicted molar refractivity (Wildman–Crippen MR) is 86.0 cm³/mol. The SMILES string of the molecule is CC(O)C(Cc1ccc(Cl)cc1Cl)c1ccc(Cl)cc1. The molecule has 2 rings (SSSR count). The highest BCUT2D eigenvalue weighted by atomic mass is 35.5. The third kappa shape index (κ3) is 3.89. The summed E-state index contributed by atoms with van der Waals surface area (Å²) < 4.78 is 0. The van der Waals surface area contributed by atoms with Gasteiger partial charge in [-0.3, -0.25) is 0 Å². The van der Waals surface area contributed by atoms with E-state index in [1.165, 1.54) is 0 Å². The van der Waals surface area contributed by atoms with Crippen LogP contribution in [0.5, 0.6) is 0 Å². The highest BCUT2D eigenvalue weighted by molar-refractivity contribution is 6.35. The second-order valence-corrected chi connectivity index (χ2v) is 6.12. The average molecular weight is 330 g/mol. The van der Waals surface area contributed by atoms with Gasteiger partial charge in [0.2, 0.25) is 0 Å². The molecule has 0 heterocycles. The van der Waals surface area contributed by atoms with Gasteiger partial charge in [0.05, 0.1) is 6.10 Å². The summed E-state index contributed by atoms with van der Waals surface area (Å²) >= 11 is 18.0. The van der Waals surface area contributed by atoms with Crippen LogP contribution in [0.15, 0.2) is 42.5 Å². The van der Waals surface area contributed by atoms with Crippen molar-refractivity contribution in [3.63, 3.8) is 0 Å². The van der Waals surface area contributed by atoms with Gasteiger partial charge in [-0.1, -0.05) is 53.0 Å². The molecule has 20 heavy (non-hydrogen) atoms. The highest BCUT2D eigenvalue weighted by Crippen LogP contribution is 2.30. The summed E-state index contributed by atoms with van der Waals surface area (Å²) in [5, 5.41) is 12.0. The van der Waals surface area contributed by atoms with Crippen LogP contribution < -0.4 is 0 Å². The van der Waals surface area contributed by atoms with Gasteiger partial charge in [0.25, 0.3) is 0 Å². The van der Waals surface area contributed by atoms with E-state index in [-0.39, 0.29) is 5.92 Å². The first-order valence-corrected chi connectivity index (χ1v) is 7.48. The van der Waals surface area contributed by atoms with Crippen LogP contribution in [-0.2, 0) is 6.42 Å². The lowest BCUT2D eigenvalue weighted by Gasteiger charge is -2.21. The molecule has 0 aromatic heterocycles. The Kier molecular flexibility index (Phi) is 5.34. The summed E-state index contributed by atoms with van der Waals surface area (Å²) in [4.78, 5) is 0. The Hall–Kier alpha value is -0.730. The molecule has 4 heteroatoms. The zero-order valence-corrected chi connectivity index (χ0v) is 13.3. The van der Waals surface area contributed by atoms with Crippen molar-refractivity contribution in [2.45, 2.75) is 25.4 Å². The summed E-state index contributed by atoms with van der Waals surface area (Å²) in [5.74, 6) is -0.0362. The lowest BCUT2D eigenvalue weighted by molar-refractivity contribution is 0.161. The quantitative estimate of drug-likeness (QED) is 0.801. The molecule has 0 aliphatic heterocycles. The van der Waals surface area contributed by atoms with E-state index >= 15 is 0 Å². The van der Waals surface area contributed by atoms with Crippen LogP contribution in [0.3, 0.4) is 0 Å². The van der Waals surface area contributed by atoms with E-state index < -0.39 is 6.10 Å². The molecule has 2 atom stereocenters. The van der Waals surface area contributed by atoms with E-state index in [4.69, 9.17) is 34.8 Å². The summed E-state index contributed by atoms with van der Waals surface area (Å²) in [6.07, 6.45) is 0.165. The third-order valence-corrected chi connectivity index (χ3v) is 4.17. The van der Waals surface area contributed by atoms with Gasteiger partial charge in [-0.05, 0) is 48.7 Å². The Morgan fingerprint density at radius 3 is 2.10 bits per heavy atom. The molecular weight excluding hydrogens is 315 g/mol. The molecule has 0 fully saturated rings. The van der Waals surface area contributed by atoms with Crippen molar-refractivity contribution >= 4 is 34.8 Å². The molecule has 2 unspecified atom stereocenters. The minimum absolute atomic E-state index is 0.0362. The Labute approximate surface area is 134 Å². The molecule has 1 nitrogen and oxygen atoms in total. The lowest BCUT2D eigenvalue weighted by atomic mass is 9.88. The molecule has 2 aromatic carbocycles. The monoisotopic (exact) mass is 328 g/mol. The van der Waals surface area contributed by atoms with Crippen LogP contribution in [0.4, 0.5) is 0 Å². The lowest BCUT2D eigenvalue weighted by Crippen LogP contribution is -2.17. The normalized spacial score (nSPS) is 14.1. The van der Waals surface area contributed by atoms with Crippen molar-refractivity contribution in [2.24, 2.45) is 0 Å². The van der Waals surface area contributed by atoms with Crippen molar-refractivity contribution in [3.05, 3.63) is 68.7 Å². The number of halogens is 3. The van der Waals surface area contributed by atoms with Crippen molar-refractivity contribution in [1.82, 2.24) is 0 Å². The van der Waals surface area contributed by atoms with E-state index in [2.05, 4.69) is 0 Å². The van der Waals surface area contributed by atoms with Crippen molar-refractivity contribution in [2.75, 3.05) is 0 Å². The van der Waals surface area contributed by atoms with E-state index in [0.29, 0.717) is 21.5 Å². The predicted octanol–water partition coefficient (Wildman–Crippen LogP) is 5.35.